The lowest BCUT2D eigenvalue weighted by molar-refractivity contribution is 0.0695. The minimum absolute atomic E-state index is 0.00697. The van der Waals surface area contributed by atoms with Crippen molar-refractivity contribution in [3.05, 3.63) is 66.2 Å². The molecule has 1 aromatic carbocycles. The van der Waals surface area contributed by atoms with Crippen molar-refractivity contribution in [1.82, 2.24) is 19.4 Å². The number of benzene rings is 1. The van der Waals surface area contributed by atoms with Crippen LogP contribution in [0.15, 0.2) is 64.9 Å². The van der Waals surface area contributed by atoms with Gasteiger partial charge in [-0.15, -0.1) is 0 Å². The zero-order valence-corrected chi connectivity index (χ0v) is 18.0. The van der Waals surface area contributed by atoms with Gasteiger partial charge in [-0.3, -0.25) is 4.68 Å². The Morgan fingerprint density at radius 2 is 1.75 bits per heavy atom. The summed E-state index contributed by atoms with van der Waals surface area (Å²) in [5.74, 6) is 0. The number of pyridine rings is 1. The fraction of sp³-hybridized carbons (Fsp3) is 0.250. The number of nitriles is 2. The van der Waals surface area contributed by atoms with E-state index in [2.05, 4.69) is 22.3 Å². The predicted molar refractivity (Wildman–Crippen MR) is 120 cm³/mol. The van der Waals surface area contributed by atoms with Crippen LogP contribution in [-0.2, 0) is 0 Å². The molecule has 2 atom stereocenters. The maximum absolute atomic E-state index is 10.4. The van der Waals surface area contributed by atoms with E-state index in [1.54, 1.807) is 23.0 Å². The zero-order chi connectivity index (χ0) is 22.1. The van der Waals surface area contributed by atoms with E-state index in [9.17, 15) is 15.6 Å². The van der Waals surface area contributed by atoms with E-state index in [1.807, 2.05) is 41.3 Å². The second-order valence-electron chi connectivity index (χ2n) is 7.89. The summed E-state index contributed by atoms with van der Waals surface area (Å²) in [6.45, 7) is 0. The van der Waals surface area contributed by atoms with E-state index in [0.717, 1.165) is 46.6 Å². The minimum Gasteiger partial charge on any atom is -0.391 e. The number of aliphatic hydroxyl groups is 1. The van der Waals surface area contributed by atoms with Gasteiger partial charge in [-0.2, -0.15) is 20.7 Å². The number of hydrogen-bond acceptors (Lipinski definition) is 6. The molecule has 1 aliphatic carbocycles. The molecular formula is C24H20N6OS. The van der Waals surface area contributed by atoms with Crippen molar-refractivity contribution in [2.75, 3.05) is 0 Å². The number of hydrogen-bond donors (Lipinski definition) is 1. The van der Waals surface area contributed by atoms with Crippen LogP contribution in [0.4, 0.5) is 0 Å². The molecule has 0 aliphatic heterocycles. The lowest BCUT2D eigenvalue weighted by Gasteiger charge is -2.27. The molecule has 32 heavy (non-hydrogen) atoms. The normalized spacial score (nSPS) is 18.3. The van der Waals surface area contributed by atoms with Gasteiger partial charge in [0.15, 0.2) is 0 Å². The molecular weight excluding hydrogens is 420 g/mol. The first-order valence-electron chi connectivity index (χ1n) is 10.5. The van der Waals surface area contributed by atoms with E-state index >= 15 is 0 Å². The first kappa shape index (κ1) is 20.3. The number of fused-ring (bicyclic) bond motifs is 1. The summed E-state index contributed by atoms with van der Waals surface area (Å²) >= 11 is 1.44. The molecule has 158 valence electrons. The third kappa shape index (κ3) is 3.64. The van der Waals surface area contributed by atoms with Gasteiger partial charge in [-0.1, -0.05) is 36.7 Å². The lowest BCUT2D eigenvalue weighted by Crippen LogP contribution is -2.27. The number of aliphatic hydroxyl groups excluding tert-OH is 1. The topological polar surface area (TPSA) is 103 Å². The van der Waals surface area contributed by atoms with Gasteiger partial charge in [0.1, 0.15) is 12.1 Å². The van der Waals surface area contributed by atoms with Gasteiger partial charge in [0, 0.05) is 33.3 Å². The van der Waals surface area contributed by atoms with Crippen LogP contribution in [0.5, 0.6) is 0 Å². The summed E-state index contributed by atoms with van der Waals surface area (Å²) in [6, 6.07) is 13.9. The standard InChI is InChI=1S/C24H20N6OS/c25-10-16-5-1-4-8-22(16)32-23-9-17(14-30-24(23)18(11-26)12-28-30)19-13-27-29(15-19)20-6-2-3-7-21(20)31/h1,4-5,8-9,12-15,20-21,31H,2-3,6-7H2/t20-,21+/m0/s1. The summed E-state index contributed by atoms with van der Waals surface area (Å²) in [5.41, 5.74) is 3.59. The molecule has 1 aliphatic rings. The van der Waals surface area contributed by atoms with Gasteiger partial charge in [-0.05, 0) is 31.0 Å². The van der Waals surface area contributed by atoms with Crippen LogP contribution in [-0.4, -0.2) is 30.6 Å². The molecule has 4 aromatic rings. The highest BCUT2D eigenvalue weighted by Crippen LogP contribution is 2.37. The third-order valence-electron chi connectivity index (χ3n) is 5.89. The van der Waals surface area contributed by atoms with Crippen LogP contribution >= 0.6 is 11.8 Å². The summed E-state index contributed by atoms with van der Waals surface area (Å²) in [7, 11) is 0. The second-order valence-corrected chi connectivity index (χ2v) is 8.98. The Morgan fingerprint density at radius 1 is 0.938 bits per heavy atom. The van der Waals surface area contributed by atoms with Crippen molar-refractivity contribution in [3.63, 3.8) is 0 Å². The second kappa shape index (κ2) is 8.51. The summed E-state index contributed by atoms with van der Waals surface area (Å²) < 4.78 is 3.57. The van der Waals surface area contributed by atoms with Crippen molar-refractivity contribution >= 4 is 17.3 Å². The lowest BCUT2D eigenvalue weighted by atomic mass is 9.93. The fourth-order valence-electron chi connectivity index (χ4n) is 4.24. The van der Waals surface area contributed by atoms with E-state index in [1.165, 1.54) is 11.8 Å². The molecule has 1 fully saturated rings. The Morgan fingerprint density at radius 3 is 2.56 bits per heavy atom. The van der Waals surface area contributed by atoms with Gasteiger partial charge in [0.05, 0.1) is 41.2 Å². The largest absolute Gasteiger partial charge is 0.391 e. The average Bonchev–Trinajstić information content (AvgIpc) is 3.47. The first-order chi connectivity index (χ1) is 15.7. The van der Waals surface area contributed by atoms with E-state index in [4.69, 9.17) is 0 Å². The van der Waals surface area contributed by atoms with E-state index < -0.39 is 0 Å². The van der Waals surface area contributed by atoms with Gasteiger partial charge < -0.3 is 5.11 Å². The van der Waals surface area contributed by atoms with Crippen molar-refractivity contribution in [3.8, 4) is 23.3 Å². The van der Waals surface area contributed by atoms with Crippen molar-refractivity contribution in [2.45, 2.75) is 47.6 Å². The molecule has 0 bridgehead atoms. The minimum atomic E-state index is -0.378. The van der Waals surface area contributed by atoms with Crippen LogP contribution in [0, 0.1) is 22.7 Å². The van der Waals surface area contributed by atoms with Crippen molar-refractivity contribution in [2.24, 2.45) is 0 Å². The molecule has 3 aromatic heterocycles. The summed E-state index contributed by atoms with van der Waals surface area (Å²) in [4.78, 5) is 1.66. The quantitative estimate of drug-likeness (QED) is 0.499. The maximum atomic E-state index is 10.4. The molecule has 0 saturated heterocycles. The van der Waals surface area contributed by atoms with Crippen LogP contribution in [0.25, 0.3) is 16.6 Å². The van der Waals surface area contributed by atoms with Gasteiger partial charge in [0.2, 0.25) is 0 Å². The number of rotatable bonds is 4. The summed E-state index contributed by atoms with van der Waals surface area (Å²) in [6.07, 6.45) is 10.7. The van der Waals surface area contributed by atoms with Crippen LogP contribution in [0.1, 0.15) is 42.9 Å². The Hall–Kier alpha value is -3.59. The highest BCUT2D eigenvalue weighted by Gasteiger charge is 2.25. The van der Waals surface area contributed by atoms with Gasteiger partial charge >= 0.3 is 0 Å². The Kier molecular flexibility index (Phi) is 5.40. The highest BCUT2D eigenvalue weighted by atomic mass is 32.2. The van der Waals surface area contributed by atoms with Crippen LogP contribution in [0.2, 0.25) is 0 Å². The molecule has 1 saturated carbocycles. The van der Waals surface area contributed by atoms with Crippen LogP contribution in [0.3, 0.4) is 0 Å². The Labute approximate surface area is 189 Å². The molecule has 7 nitrogen and oxygen atoms in total. The molecule has 5 rings (SSSR count). The molecule has 8 heteroatoms. The molecule has 0 radical (unpaired) electrons. The number of nitrogens with zero attached hydrogens (tertiary/aromatic N) is 6. The van der Waals surface area contributed by atoms with Crippen molar-refractivity contribution < 1.29 is 5.11 Å². The molecule has 3 heterocycles. The molecule has 0 amide bonds. The highest BCUT2D eigenvalue weighted by molar-refractivity contribution is 7.99. The summed E-state index contributed by atoms with van der Waals surface area (Å²) in [5, 5.41) is 38.4. The molecule has 0 unspecified atom stereocenters. The van der Waals surface area contributed by atoms with Gasteiger partial charge in [-0.25, -0.2) is 4.52 Å². The van der Waals surface area contributed by atoms with Crippen molar-refractivity contribution in [1.29, 1.82) is 10.5 Å². The molecule has 1 N–H and O–H groups in total. The Bertz CT molecular complexity index is 1380. The fourth-order valence-corrected chi connectivity index (χ4v) is 5.33. The number of aromatic nitrogens is 4. The molecule has 0 spiro atoms. The predicted octanol–water partition coefficient (Wildman–Crippen LogP) is 4.57. The van der Waals surface area contributed by atoms with Gasteiger partial charge in [0.25, 0.3) is 0 Å². The monoisotopic (exact) mass is 440 g/mol. The Balaban J connectivity index is 1.58. The van der Waals surface area contributed by atoms with E-state index in [-0.39, 0.29) is 12.1 Å². The SMILES string of the molecule is N#Cc1ccccc1Sc1cc(-c2cnn([C@H]3CCCC[C@H]3O)c2)cn2ncc(C#N)c12. The smallest absolute Gasteiger partial charge is 0.103 e. The average molecular weight is 441 g/mol. The maximum Gasteiger partial charge on any atom is 0.103 e. The zero-order valence-electron chi connectivity index (χ0n) is 17.2. The first-order valence-corrected chi connectivity index (χ1v) is 11.3. The van der Waals surface area contributed by atoms with Crippen LogP contribution < -0.4 is 0 Å². The third-order valence-corrected chi connectivity index (χ3v) is 7.00. The van der Waals surface area contributed by atoms with E-state index in [0.29, 0.717) is 16.6 Å².